The SMILES string of the molecule is Cc1c(Cl)cnc(NC(=O)CSc2nnc(-c3ccncc3)n2C)c1Cl. The van der Waals surface area contributed by atoms with Crippen LogP contribution in [0.2, 0.25) is 10.0 Å². The van der Waals surface area contributed by atoms with Crippen LogP contribution >= 0.6 is 35.0 Å². The fraction of sp³-hybridized carbons (Fsp3) is 0.188. The van der Waals surface area contributed by atoms with Crippen molar-refractivity contribution in [3.8, 4) is 11.4 Å². The first-order valence-electron chi connectivity index (χ1n) is 7.50. The lowest BCUT2D eigenvalue weighted by Gasteiger charge is -2.09. The molecule has 1 N–H and O–H groups in total. The van der Waals surface area contributed by atoms with Gasteiger partial charge in [0, 0.05) is 31.2 Å². The first kappa shape index (κ1) is 18.6. The summed E-state index contributed by atoms with van der Waals surface area (Å²) < 4.78 is 1.82. The molecule has 134 valence electrons. The molecule has 0 bridgehead atoms. The number of nitrogens with one attached hydrogen (secondary N) is 1. The van der Waals surface area contributed by atoms with Gasteiger partial charge in [-0.2, -0.15) is 0 Å². The molecule has 0 spiro atoms. The van der Waals surface area contributed by atoms with E-state index >= 15 is 0 Å². The third-order valence-electron chi connectivity index (χ3n) is 3.57. The quantitative estimate of drug-likeness (QED) is 0.648. The van der Waals surface area contributed by atoms with Gasteiger partial charge in [-0.05, 0) is 24.6 Å². The number of nitrogens with zero attached hydrogens (tertiary/aromatic N) is 5. The van der Waals surface area contributed by atoms with E-state index < -0.39 is 0 Å². The number of hydrogen-bond acceptors (Lipinski definition) is 6. The molecule has 0 atom stereocenters. The molecular weight excluding hydrogens is 395 g/mol. The fourth-order valence-corrected chi connectivity index (χ4v) is 3.24. The molecule has 0 saturated carbocycles. The molecule has 3 aromatic heterocycles. The molecule has 0 unspecified atom stereocenters. The summed E-state index contributed by atoms with van der Waals surface area (Å²) in [6.07, 6.45) is 4.83. The Bertz CT molecular complexity index is 947. The van der Waals surface area contributed by atoms with Gasteiger partial charge in [0.15, 0.2) is 16.8 Å². The molecular formula is C16H14Cl2N6OS. The molecule has 0 aliphatic heterocycles. The van der Waals surface area contributed by atoms with Crippen LogP contribution in [0, 0.1) is 6.92 Å². The third-order valence-corrected chi connectivity index (χ3v) is 5.43. The number of rotatable bonds is 5. The second-order valence-electron chi connectivity index (χ2n) is 5.33. The van der Waals surface area contributed by atoms with Crippen molar-refractivity contribution in [3.05, 3.63) is 46.3 Å². The number of carbonyl (C=O) groups is 1. The Morgan fingerprint density at radius 3 is 2.73 bits per heavy atom. The average Bonchev–Trinajstić information content (AvgIpc) is 3.02. The highest BCUT2D eigenvalue weighted by Gasteiger charge is 2.15. The molecule has 0 fully saturated rings. The van der Waals surface area contributed by atoms with Crippen LogP contribution in [-0.4, -0.2) is 36.4 Å². The van der Waals surface area contributed by atoms with Gasteiger partial charge in [0.25, 0.3) is 0 Å². The molecule has 0 radical (unpaired) electrons. The van der Waals surface area contributed by atoms with E-state index in [0.29, 0.717) is 26.6 Å². The van der Waals surface area contributed by atoms with E-state index in [2.05, 4.69) is 25.5 Å². The number of hydrogen-bond donors (Lipinski definition) is 1. The number of thioether (sulfide) groups is 1. The van der Waals surface area contributed by atoms with E-state index in [-0.39, 0.29) is 17.5 Å². The zero-order chi connectivity index (χ0) is 18.7. The predicted molar refractivity (Wildman–Crippen MR) is 103 cm³/mol. The summed E-state index contributed by atoms with van der Waals surface area (Å²) in [5.74, 6) is 0.879. The maximum atomic E-state index is 12.2. The van der Waals surface area contributed by atoms with Crippen LogP contribution in [0.15, 0.2) is 35.9 Å². The number of amides is 1. The van der Waals surface area contributed by atoms with Crippen molar-refractivity contribution in [2.45, 2.75) is 12.1 Å². The molecule has 10 heteroatoms. The Hall–Kier alpha value is -2.16. The fourth-order valence-electron chi connectivity index (χ4n) is 2.14. The van der Waals surface area contributed by atoms with Crippen LogP contribution in [0.25, 0.3) is 11.4 Å². The summed E-state index contributed by atoms with van der Waals surface area (Å²) >= 11 is 13.4. The standard InChI is InChI=1S/C16H14Cl2N6OS/c1-9-11(17)7-20-14(13(9)18)21-12(25)8-26-16-23-22-15(24(16)2)10-3-5-19-6-4-10/h3-7H,8H2,1-2H3,(H,20,21,25). The van der Waals surface area contributed by atoms with Gasteiger partial charge in [-0.3, -0.25) is 9.78 Å². The first-order valence-corrected chi connectivity index (χ1v) is 9.24. The van der Waals surface area contributed by atoms with Crippen molar-refractivity contribution in [2.24, 2.45) is 7.05 Å². The zero-order valence-corrected chi connectivity index (χ0v) is 16.2. The van der Waals surface area contributed by atoms with E-state index in [1.165, 1.54) is 18.0 Å². The topological polar surface area (TPSA) is 85.6 Å². The van der Waals surface area contributed by atoms with Crippen LogP contribution in [0.5, 0.6) is 0 Å². The van der Waals surface area contributed by atoms with Gasteiger partial charge < -0.3 is 9.88 Å². The largest absolute Gasteiger partial charge is 0.309 e. The molecule has 3 aromatic rings. The zero-order valence-electron chi connectivity index (χ0n) is 13.9. The summed E-state index contributed by atoms with van der Waals surface area (Å²) in [6.45, 7) is 1.76. The molecule has 0 aromatic carbocycles. The van der Waals surface area contributed by atoms with Gasteiger partial charge >= 0.3 is 0 Å². The predicted octanol–water partition coefficient (Wildman–Crippen LogP) is 3.62. The summed E-state index contributed by atoms with van der Waals surface area (Å²) in [6, 6.07) is 3.70. The molecule has 7 nitrogen and oxygen atoms in total. The van der Waals surface area contributed by atoms with Crippen LogP contribution in [0.1, 0.15) is 5.56 Å². The Labute approximate surface area is 164 Å². The van der Waals surface area contributed by atoms with Gasteiger partial charge in [-0.1, -0.05) is 35.0 Å². The van der Waals surface area contributed by atoms with Crippen LogP contribution in [-0.2, 0) is 11.8 Å². The van der Waals surface area contributed by atoms with Gasteiger partial charge in [0.05, 0.1) is 15.8 Å². The minimum Gasteiger partial charge on any atom is -0.309 e. The second kappa shape index (κ2) is 8.03. The third kappa shape index (κ3) is 3.98. The highest BCUT2D eigenvalue weighted by atomic mass is 35.5. The Kier molecular flexibility index (Phi) is 5.75. The molecule has 1 amide bonds. The van der Waals surface area contributed by atoms with Crippen molar-refractivity contribution in [1.29, 1.82) is 0 Å². The highest BCUT2D eigenvalue weighted by Crippen LogP contribution is 2.29. The maximum absolute atomic E-state index is 12.2. The lowest BCUT2D eigenvalue weighted by atomic mass is 10.2. The lowest BCUT2D eigenvalue weighted by molar-refractivity contribution is -0.113. The number of pyridine rings is 2. The summed E-state index contributed by atoms with van der Waals surface area (Å²) in [5, 5.41) is 12.4. The van der Waals surface area contributed by atoms with E-state index in [9.17, 15) is 4.79 Å². The van der Waals surface area contributed by atoms with Crippen molar-refractivity contribution in [3.63, 3.8) is 0 Å². The van der Waals surface area contributed by atoms with Crippen LogP contribution in [0.4, 0.5) is 5.82 Å². The minimum atomic E-state index is -0.250. The van der Waals surface area contributed by atoms with E-state index in [1.807, 2.05) is 23.7 Å². The normalized spacial score (nSPS) is 10.8. The highest BCUT2D eigenvalue weighted by molar-refractivity contribution is 7.99. The monoisotopic (exact) mass is 408 g/mol. The summed E-state index contributed by atoms with van der Waals surface area (Å²) in [4.78, 5) is 20.2. The van der Waals surface area contributed by atoms with E-state index in [0.717, 1.165) is 5.56 Å². The van der Waals surface area contributed by atoms with E-state index in [1.54, 1.807) is 19.3 Å². The lowest BCUT2D eigenvalue weighted by Crippen LogP contribution is -2.16. The maximum Gasteiger partial charge on any atom is 0.236 e. The molecule has 0 aliphatic rings. The number of aromatic nitrogens is 5. The summed E-state index contributed by atoms with van der Waals surface area (Å²) in [5.41, 5.74) is 1.57. The van der Waals surface area contributed by atoms with Gasteiger partial charge in [0.2, 0.25) is 5.91 Å². The Balaban J connectivity index is 1.66. The van der Waals surface area contributed by atoms with Crippen molar-refractivity contribution < 1.29 is 4.79 Å². The minimum absolute atomic E-state index is 0.141. The Morgan fingerprint density at radius 1 is 1.27 bits per heavy atom. The number of anilines is 1. The second-order valence-corrected chi connectivity index (χ2v) is 7.06. The van der Waals surface area contributed by atoms with Crippen LogP contribution < -0.4 is 5.32 Å². The van der Waals surface area contributed by atoms with E-state index in [4.69, 9.17) is 23.2 Å². The number of halogens is 2. The van der Waals surface area contributed by atoms with Crippen molar-refractivity contribution >= 4 is 46.7 Å². The van der Waals surface area contributed by atoms with Gasteiger partial charge in [-0.25, -0.2) is 4.98 Å². The smallest absolute Gasteiger partial charge is 0.236 e. The summed E-state index contributed by atoms with van der Waals surface area (Å²) in [7, 11) is 1.84. The molecule has 3 heterocycles. The molecule has 3 rings (SSSR count). The molecule has 26 heavy (non-hydrogen) atoms. The van der Waals surface area contributed by atoms with Crippen molar-refractivity contribution in [1.82, 2.24) is 24.7 Å². The molecule has 0 aliphatic carbocycles. The van der Waals surface area contributed by atoms with Gasteiger partial charge in [0.1, 0.15) is 0 Å². The van der Waals surface area contributed by atoms with Crippen LogP contribution in [0.3, 0.4) is 0 Å². The molecule has 0 saturated heterocycles. The Morgan fingerprint density at radius 2 is 2.00 bits per heavy atom. The first-order chi connectivity index (χ1) is 12.5. The van der Waals surface area contributed by atoms with Crippen molar-refractivity contribution in [2.75, 3.05) is 11.1 Å². The average molecular weight is 409 g/mol. The number of carbonyl (C=O) groups excluding carboxylic acids is 1. The van der Waals surface area contributed by atoms with Gasteiger partial charge in [-0.15, -0.1) is 10.2 Å².